The van der Waals surface area contributed by atoms with Crippen LogP contribution in [0.4, 0.5) is 5.82 Å². The van der Waals surface area contributed by atoms with E-state index in [9.17, 15) is 0 Å². The van der Waals surface area contributed by atoms with Crippen LogP contribution in [0.2, 0.25) is 0 Å². The maximum Gasteiger partial charge on any atom is 0.163 e. The van der Waals surface area contributed by atoms with Crippen LogP contribution >= 0.6 is 0 Å². The second-order valence-electron chi connectivity index (χ2n) is 10.1. The molecule has 1 N–H and O–H groups in total. The van der Waals surface area contributed by atoms with Crippen molar-refractivity contribution in [3.63, 3.8) is 0 Å². The molecule has 2 aromatic carbocycles. The van der Waals surface area contributed by atoms with Gasteiger partial charge in [-0.25, -0.2) is 9.97 Å². The third kappa shape index (κ3) is 5.43. The number of nitrogens with zero attached hydrogens (tertiary/aromatic N) is 5. The van der Waals surface area contributed by atoms with E-state index < -0.39 is 0 Å². The number of fused-ring (bicyclic) bond motifs is 1. The highest BCUT2D eigenvalue weighted by Crippen LogP contribution is 2.31. The van der Waals surface area contributed by atoms with E-state index in [2.05, 4.69) is 77.4 Å². The molecule has 7 heteroatoms. The largest absolute Gasteiger partial charge is 0.492 e. The number of hydrogen-bond acceptors (Lipinski definition) is 7. The Balaban J connectivity index is 1.38. The molecule has 0 aliphatic carbocycles. The number of benzene rings is 2. The van der Waals surface area contributed by atoms with E-state index in [0.29, 0.717) is 12.4 Å². The van der Waals surface area contributed by atoms with Gasteiger partial charge in [0.25, 0.3) is 0 Å². The summed E-state index contributed by atoms with van der Waals surface area (Å²) in [6, 6.07) is 18.6. The molecule has 1 atom stereocenters. The van der Waals surface area contributed by atoms with E-state index in [-0.39, 0.29) is 5.54 Å². The monoisotopic (exact) mass is 496 g/mol. The van der Waals surface area contributed by atoms with Crippen molar-refractivity contribution in [2.45, 2.75) is 25.8 Å². The van der Waals surface area contributed by atoms with Crippen molar-refractivity contribution in [2.24, 2.45) is 0 Å². The SMILES string of the molecule is CCC(C)(COc1cccc(-c2ccc3nc(-c4cccnc4)nc(NC)c3c2)c1)N1CCN(C)CC1. The lowest BCUT2D eigenvalue weighted by Crippen LogP contribution is -2.57. The predicted molar refractivity (Wildman–Crippen MR) is 151 cm³/mol. The van der Waals surface area contributed by atoms with Gasteiger partial charge in [0.15, 0.2) is 5.82 Å². The van der Waals surface area contributed by atoms with Gasteiger partial charge in [-0.1, -0.05) is 25.1 Å². The minimum Gasteiger partial charge on any atom is -0.492 e. The van der Waals surface area contributed by atoms with Gasteiger partial charge < -0.3 is 15.0 Å². The molecule has 5 rings (SSSR count). The first kappa shape index (κ1) is 25.1. The van der Waals surface area contributed by atoms with E-state index in [0.717, 1.165) is 71.8 Å². The molecule has 1 aliphatic heterocycles. The van der Waals surface area contributed by atoms with Crippen LogP contribution in [0.15, 0.2) is 67.0 Å². The van der Waals surface area contributed by atoms with E-state index in [1.165, 1.54) is 0 Å². The van der Waals surface area contributed by atoms with E-state index in [4.69, 9.17) is 14.7 Å². The number of pyridine rings is 1. The fourth-order valence-electron chi connectivity index (χ4n) is 4.89. The van der Waals surface area contributed by atoms with Crippen molar-refractivity contribution < 1.29 is 4.74 Å². The van der Waals surface area contributed by atoms with Gasteiger partial charge in [-0.2, -0.15) is 0 Å². The molecule has 0 bridgehead atoms. The Bertz CT molecular complexity index is 1350. The number of hydrogen-bond donors (Lipinski definition) is 1. The number of ether oxygens (including phenoxy) is 1. The molecule has 1 unspecified atom stereocenters. The molecule has 0 saturated carbocycles. The topological polar surface area (TPSA) is 66.4 Å². The average molecular weight is 497 g/mol. The number of likely N-dealkylation sites (N-methyl/N-ethyl adjacent to an activating group) is 1. The molecular weight excluding hydrogens is 460 g/mol. The highest BCUT2D eigenvalue weighted by molar-refractivity contribution is 5.94. The summed E-state index contributed by atoms with van der Waals surface area (Å²) in [4.78, 5) is 18.7. The van der Waals surface area contributed by atoms with Crippen molar-refractivity contribution >= 4 is 16.7 Å². The summed E-state index contributed by atoms with van der Waals surface area (Å²) in [5.74, 6) is 2.35. The Kier molecular flexibility index (Phi) is 7.35. The van der Waals surface area contributed by atoms with E-state index in [1.807, 2.05) is 25.2 Å². The summed E-state index contributed by atoms with van der Waals surface area (Å²) in [5.41, 5.74) is 4.01. The van der Waals surface area contributed by atoms with Gasteiger partial charge in [0.1, 0.15) is 18.2 Å². The number of piperazine rings is 1. The normalized spacial score (nSPS) is 16.4. The van der Waals surface area contributed by atoms with E-state index in [1.54, 1.807) is 12.4 Å². The van der Waals surface area contributed by atoms with Gasteiger partial charge >= 0.3 is 0 Å². The second-order valence-corrected chi connectivity index (χ2v) is 10.1. The lowest BCUT2D eigenvalue weighted by Gasteiger charge is -2.44. The van der Waals surface area contributed by atoms with Gasteiger partial charge in [0.05, 0.1) is 11.1 Å². The summed E-state index contributed by atoms with van der Waals surface area (Å²) in [5, 5.41) is 4.22. The quantitative estimate of drug-likeness (QED) is 0.360. The van der Waals surface area contributed by atoms with Crippen molar-refractivity contribution in [1.29, 1.82) is 0 Å². The minimum absolute atomic E-state index is 0.0191. The van der Waals surface area contributed by atoms with Crippen LogP contribution in [0.3, 0.4) is 0 Å². The third-order valence-electron chi connectivity index (χ3n) is 7.60. The summed E-state index contributed by atoms with van der Waals surface area (Å²) in [6.45, 7) is 9.63. The van der Waals surface area contributed by atoms with Crippen LogP contribution in [0, 0.1) is 0 Å². The molecule has 1 saturated heterocycles. The summed E-state index contributed by atoms with van der Waals surface area (Å²) < 4.78 is 6.40. The van der Waals surface area contributed by atoms with Crippen molar-refractivity contribution in [1.82, 2.24) is 24.8 Å². The zero-order chi connectivity index (χ0) is 25.8. The minimum atomic E-state index is 0.0191. The highest BCUT2D eigenvalue weighted by Gasteiger charge is 2.32. The van der Waals surface area contributed by atoms with Crippen LogP contribution < -0.4 is 10.1 Å². The third-order valence-corrected chi connectivity index (χ3v) is 7.60. The molecule has 3 heterocycles. The lowest BCUT2D eigenvalue weighted by atomic mass is 9.96. The van der Waals surface area contributed by atoms with Gasteiger partial charge in [-0.3, -0.25) is 9.88 Å². The first-order valence-electron chi connectivity index (χ1n) is 13.1. The molecule has 192 valence electrons. The van der Waals surface area contributed by atoms with Crippen LogP contribution in [-0.2, 0) is 0 Å². The molecule has 7 nitrogen and oxygen atoms in total. The van der Waals surface area contributed by atoms with Crippen LogP contribution in [-0.4, -0.2) is 77.2 Å². The molecule has 0 radical (unpaired) electrons. The Morgan fingerprint density at radius 1 is 0.946 bits per heavy atom. The molecule has 2 aromatic heterocycles. The van der Waals surface area contributed by atoms with E-state index >= 15 is 0 Å². The van der Waals surface area contributed by atoms with Gasteiger partial charge in [0, 0.05) is 56.6 Å². The zero-order valence-corrected chi connectivity index (χ0v) is 22.2. The van der Waals surface area contributed by atoms with Gasteiger partial charge in [-0.05, 0) is 67.9 Å². The Labute approximate surface area is 219 Å². The molecule has 0 spiro atoms. The van der Waals surface area contributed by atoms with Crippen molar-refractivity contribution in [2.75, 3.05) is 52.2 Å². The first-order chi connectivity index (χ1) is 18.0. The maximum absolute atomic E-state index is 6.40. The van der Waals surface area contributed by atoms with Crippen LogP contribution in [0.1, 0.15) is 20.3 Å². The number of nitrogens with one attached hydrogen (secondary N) is 1. The summed E-state index contributed by atoms with van der Waals surface area (Å²) in [6.07, 6.45) is 4.59. The number of aromatic nitrogens is 3. The number of anilines is 1. The highest BCUT2D eigenvalue weighted by atomic mass is 16.5. The molecular formula is C30H36N6O. The van der Waals surface area contributed by atoms with Crippen molar-refractivity contribution in [3.05, 3.63) is 67.0 Å². The molecule has 37 heavy (non-hydrogen) atoms. The zero-order valence-electron chi connectivity index (χ0n) is 22.2. The predicted octanol–water partition coefficient (Wildman–Crippen LogP) is 5.20. The molecule has 0 amide bonds. The Morgan fingerprint density at radius 2 is 1.73 bits per heavy atom. The van der Waals surface area contributed by atoms with Crippen LogP contribution in [0.5, 0.6) is 5.75 Å². The number of rotatable bonds is 8. The molecule has 4 aromatic rings. The second kappa shape index (κ2) is 10.8. The smallest absolute Gasteiger partial charge is 0.163 e. The molecule has 1 aliphatic rings. The van der Waals surface area contributed by atoms with Crippen LogP contribution in [0.25, 0.3) is 33.4 Å². The Morgan fingerprint density at radius 3 is 2.46 bits per heavy atom. The fraction of sp³-hybridized carbons (Fsp3) is 0.367. The standard InChI is InChI=1S/C30H36N6O/c1-5-30(2,36-16-14-35(4)15-17-36)21-37-25-10-6-8-22(18-25)23-11-12-27-26(19-23)29(31-3)34-28(33-27)24-9-7-13-32-20-24/h6-13,18-20H,5,14-17,21H2,1-4H3,(H,31,33,34). The summed E-state index contributed by atoms with van der Waals surface area (Å²) in [7, 11) is 4.09. The van der Waals surface area contributed by atoms with Crippen molar-refractivity contribution in [3.8, 4) is 28.3 Å². The first-order valence-corrected chi connectivity index (χ1v) is 13.1. The fourth-order valence-corrected chi connectivity index (χ4v) is 4.89. The average Bonchev–Trinajstić information content (AvgIpc) is 2.96. The maximum atomic E-state index is 6.40. The Hall–Kier alpha value is -3.55. The van der Waals surface area contributed by atoms with Gasteiger partial charge in [-0.15, -0.1) is 0 Å². The lowest BCUT2D eigenvalue weighted by molar-refractivity contribution is 0.0160. The summed E-state index contributed by atoms with van der Waals surface area (Å²) >= 11 is 0. The molecule has 1 fully saturated rings. The van der Waals surface area contributed by atoms with Gasteiger partial charge in [0.2, 0.25) is 0 Å².